The van der Waals surface area contributed by atoms with E-state index in [1.165, 1.54) is 0 Å². The number of aldehydes is 1. The first kappa shape index (κ1) is 12.9. The molecule has 98 valence electrons. The summed E-state index contributed by atoms with van der Waals surface area (Å²) in [6, 6.07) is 3.36. The van der Waals surface area contributed by atoms with Crippen LogP contribution in [0.4, 0.5) is 0 Å². The predicted molar refractivity (Wildman–Crippen MR) is 64.9 cm³/mol. The quantitative estimate of drug-likeness (QED) is 0.763. The van der Waals surface area contributed by atoms with Crippen molar-refractivity contribution >= 4 is 16.1 Å². The van der Waals surface area contributed by atoms with Crippen molar-refractivity contribution in [2.75, 3.05) is 19.5 Å². The standard InChI is InChI=1S/C12H14O5S/c1-18(14,15)12-9(3-2-6-13)4-5-10-11(12)17-8-7-16-10/h4-6H,2-3,7-8H2,1H3. The fourth-order valence-electron chi connectivity index (χ4n) is 1.95. The fraction of sp³-hybridized carbons (Fsp3) is 0.417. The summed E-state index contributed by atoms with van der Waals surface area (Å²) in [7, 11) is -3.43. The molecule has 6 heteroatoms. The second kappa shape index (κ2) is 4.97. The van der Waals surface area contributed by atoms with Gasteiger partial charge in [-0.15, -0.1) is 0 Å². The molecular formula is C12H14O5S. The third-order valence-electron chi connectivity index (χ3n) is 2.65. The topological polar surface area (TPSA) is 69.7 Å². The summed E-state index contributed by atoms with van der Waals surface area (Å²) in [6.45, 7) is 0.733. The van der Waals surface area contributed by atoms with Gasteiger partial charge < -0.3 is 14.3 Å². The van der Waals surface area contributed by atoms with Crippen molar-refractivity contribution in [3.05, 3.63) is 17.7 Å². The Morgan fingerprint density at radius 3 is 2.67 bits per heavy atom. The maximum Gasteiger partial charge on any atom is 0.180 e. The number of benzene rings is 1. The molecule has 1 heterocycles. The maximum atomic E-state index is 11.9. The van der Waals surface area contributed by atoms with Crippen molar-refractivity contribution in [1.82, 2.24) is 0 Å². The zero-order valence-electron chi connectivity index (χ0n) is 10.0. The van der Waals surface area contributed by atoms with Crippen molar-refractivity contribution in [1.29, 1.82) is 0 Å². The first-order valence-electron chi connectivity index (χ1n) is 5.59. The van der Waals surface area contributed by atoms with Gasteiger partial charge in [-0.1, -0.05) is 6.07 Å². The van der Waals surface area contributed by atoms with E-state index in [0.717, 1.165) is 12.5 Å². The van der Waals surface area contributed by atoms with Crippen molar-refractivity contribution in [2.45, 2.75) is 17.7 Å². The zero-order valence-corrected chi connectivity index (χ0v) is 10.8. The Balaban J connectivity index is 2.57. The summed E-state index contributed by atoms with van der Waals surface area (Å²) in [5.41, 5.74) is 0.592. The third kappa shape index (κ3) is 2.48. The van der Waals surface area contributed by atoms with Crippen LogP contribution in [0.5, 0.6) is 11.5 Å². The van der Waals surface area contributed by atoms with Crippen molar-refractivity contribution in [3.8, 4) is 11.5 Å². The molecule has 1 aromatic carbocycles. The Labute approximate surface area is 106 Å². The molecule has 0 fully saturated rings. The molecule has 0 bridgehead atoms. The smallest absolute Gasteiger partial charge is 0.180 e. The van der Waals surface area contributed by atoms with E-state index in [4.69, 9.17) is 9.47 Å². The lowest BCUT2D eigenvalue weighted by Gasteiger charge is -2.22. The number of fused-ring (bicyclic) bond motifs is 1. The monoisotopic (exact) mass is 270 g/mol. The molecule has 0 unspecified atom stereocenters. The minimum absolute atomic E-state index is 0.140. The minimum Gasteiger partial charge on any atom is -0.486 e. The molecule has 0 aromatic heterocycles. The van der Waals surface area contributed by atoms with Crippen LogP contribution >= 0.6 is 0 Å². The Bertz CT molecular complexity index is 562. The van der Waals surface area contributed by atoms with Crippen molar-refractivity contribution in [3.63, 3.8) is 0 Å². The molecule has 2 rings (SSSR count). The molecule has 0 saturated heterocycles. The Morgan fingerprint density at radius 2 is 2.00 bits per heavy atom. The average Bonchev–Trinajstić information content (AvgIpc) is 2.34. The van der Waals surface area contributed by atoms with Crippen LogP contribution in [0.1, 0.15) is 12.0 Å². The van der Waals surface area contributed by atoms with Gasteiger partial charge in [0.05, 0.1) is 0 Å². The molecule has 0 N–H and O–H groups in total. The van der Waals surface area contributed by atoms with Gasteiger partial charge in [0.15, 0.2) is 21.3 Å². The molecule has 0 amide bonds. The summed E-state index contributed by atoms with van der Waals surface area (Å²) in [5.74, 6) is 0.712. The number of sulfone groups is 1. The van der Waals surface area contributed by atoms with Crippen molar-refractivity contribution < 1.29 is 22.7 Å². The molecule has 1 aromatic rings. The Kier molecular flexibility index (Phi) is 3.56. The van der Waals surface area contributed by atoms with Crippen LogP contribution in [0.3, 0.4) is 0 Å². The molecular weight excluding hydrogens is 256 g/mol. The van der Waals surface area contributed by atoms with Gasteiger partial charge in [0.25, 0.3) is 0 Å². The Hall–Kier alpha value is -1.56. The van der Waals surface area contributed by atoms with Gasteiger partial charge in [0, 0.05) is 12.7 Å². The number of carbonyl (C=O) groups excluding carboxylic acids is 1. The first-order chi connectivity index (χ1) is 8.54. The number of aryl methyl sites for hydroxylation is 1. The summed E-state index contributed by atoms with van der Waals surface area (Å²) in [5, 5.41) is 0. The van der Waals surface area contributed by atoms with E-state index in [9.17, 15) is 13.2 Å². The van der Waals surface area contributed by atoms with Crippen LogP contribution in [0, 0.1) is 0 Å². The van der Waals surface area contributed by atoms with Gasteiger partial charge >= 0.3 is 0 Å². The molecule has 1 aliphatic heterocycles. The number of hydrogen-bond acceptors (Lipinski definition) is 5. The zero-order chi connectivity index (χ0) is 13.2. The van der Waals surface area contributed by atoms with E-state index in [1.807, 2.05) is 0 Å². The second-order valence-electron chi connectivity index (χ2n) is 4.06. The predicted octanol–water partition coefficient (Wildman–Crippen LogP) is 0.993. The van der Waals surface area contributed by atoms with E-state index < -0.39 is 9.84 Å². The number of hydrogen-bond donors (Lipinski definition) is 0. The lowest BCUT2D eigenvalue weighted by atomic mass is 10.1. The van der Waals surface area contributed by atoms with Gasteiger partial charge in [-0.3, -0.25) is 0 Å². The maximum absolute atomic E-state index is 11.9. The highest BCUT2D eigenvalue weighted by atomic mass is 32.2. The number of carbonyl (C=O) groups is 1. The van der Waals surface area contributed by atoms with E-state index in [0.29, 0.717) is 30.9 Å². The summed E-state index contributed by atoms with van der Waals surface area (Å²) in [4.78, 5) is 10.6. The average molecular weight is 270 g/mol. The summed E-state index contributed by atoms with van der Waals surface area (Å²) in [6.07, 6.45) is 2.55. The van der Waals surface area contributed by atoms with Gasteiger partial charge in [-0.2, -0.15) is 0 Å². The SMILES string of the molecule is CS(=O)(=O)c1c(CCC=O)ccc2c1OCCO2. The molecule has 0 atom stereocenters. The van der Waals surface area contributed by atoms with E-state index >= 15 is 0 Å². The van der Waals surface area contributed by atoms with Crippen LogP contribution in [0.15, 0.2) is 17.0 Å². The minimum atomic E-state index is -3.43. The van der Waals surface area contributed by atoms with Gasteiger partial charge in [0.1, 0.15) is 24.4 Å². The van der Waals surface area contributed by atoms with Crippen LogP contribution in [0.25, 0.3) is 0 Å². The highest BCUT2D eigenvalue weighted by Gasteiger charge is 2.25. The summed E-state index contributed by atoms with van der Waals surface area (Å²) >= 11 is 0. The van der Waals surface area contributed by atoms with Crippen molar-refractivity contribution in [2.24, 2.45) is 0 Å². The largest absolute Gasteiger partial charge is 0.486 e. The number of ether oxygens (including phenoxy) is 2. The van der Waals surface area contributed by atoms with Crippen LogP contribution in [-0.4, -0.2) is 34.2 Å². The first-order valence-corrected chi connectivity index (χ1v) is 7.48. The van der Waals surface area contributed by atoms with E-state index in [2.05, 4.69) is 0 Å². The van der Waals surface area contributed by atoms with Gasteiger partial charge in [-0.05, 0) is 18.1 Å². The van der Waals surface area contributed by atoms with E-state index in [1.54, 1.807) is 12.1 Å². The summed E-state index contributed by atoms with van der Waals surface area (Å²) < 4.78 is 34.5. The molecule has 5 nitrogen and oxygen atoms in total. The van der Waals surface area contributed by atoms with Crippen LogP contribution in [-0.2, 0) is 21.1 Å². The Morgan fingerprint density at radius 1 is 1.28 bits per heavy atom. The van der Waals surface area contributed by atoms with Gasteiger partial charge in [-0.25, -0.2) is 8.42 Å². The highest BCUT2D eigenvalue weighted by Crippen LogP contribution is 2.39. The molecule has 0 radical (unpaired) electrons. The second-order valence-corrected chi connectivity index (χ2v) is 6.01. The molecule has 0 saturated carbocycles. The molecule has 18 heavy (non-hydrogen) atoms. The molecule has 0 spiro atoms. The lowest BCUT2D eigenvalue weighted by Crippen LogP contribution is -2.18. The van der Waals surface area contributed by atoms with Gasteiger partial charge in [0.2, 0.25) is 0 Å². The highest BCUT2D eigenvalue weighted by molar-refractivity contribution is 7.90. The van der Waals surface area contributed by atoms with Crippen LogP contribution in [0.2, 0.25) is 0 Å². The molecule has 0 aliphatic carbocycles. The van der Waals surface area contributed by atoms with Crippen LogP contribution < -0.4 is 9.47 Å². The lowest BCUT2D eigenvalue weighted by molar-refractivity contribution is -0.107. The molecule has 1 aliphatic rings. The number of rotatable bonds is 4. The normalized spacial score (nSPS) is 14.3. The fourth-order valence-corrected chi connectivity index (χ4v) is 3.09. The third-order valence-corrected chi connectivity index (χ3v) is 3.84. The van der Waals surface area contributed by atoms with E-state index in [-0.39, 0.29) is 17.1 Å².